The molecule has 2 amide bonds. The Morgan fingerprint density at radius 3 is 2.36 bits per heavy atom. The maximum Gasteiger partial charge on any atom is 0.254 e. The van der Waals surface area contributed by atoms with E-state index in [1.165, 1.54) is 24.8 Å². The molecule has 33 heavy (non-hydrogen) atoms. The molecule has 3 rings (SSSR count). The quantitative estimate of drug-likeness (QED) is 0.532. The van der Waals surface area contributed by atoms with Gasteiger partial charge in [0.05, 0.1) is 11.5 Å². The van der Waals surface area contributed by atoms with E-state index >= 15 is 0 Å². The molecule has 9 heteroatoms. The van der Waals surface area contributed by atoms with Crippen molar-refractivity contribution < 1.29 is 22.7 Å². The van der Waals surface area contributed by atoms with Gasteiger partial charge in [-0.05, 0) is 36.6 Å². The van der Waals surface area contributed by atoms with Crippen molar-refractivity contribution in [1.29, 1.82) is 0 Å². The molecule has 1 saturated heterocycles. The van der Waals surface area contributed by atoms with Crippen LogP contribution in [0.2, 0.25) is 0 Å². The van der Waals surface area contributed by atoms with Crippen LogP contribution in [-0.2, 0) is 26.0 Å². The van der Waals surface area contributed by atoms with Crippen LogP contribution in [0.25, 0.3) is 0 Å². The zero-order valence-corrected chi connectivity index (χ0v) is 19.7. The number of piperazine rings is 1. The van der Waals surface area contributed by atoms with Crippen LogP contribution in [0.15, 0.2) is 59.5 Å². The van der Waals surface area contributed by atoms with E-state index in [-0.39, 0.29) is 29.9 Å². The van der Waals surface area contributed by atoms with Crippen LogP contribution in [0.1, 0.15) is 28.8 Å². The van der Waals surface area contributed by atoms with Crippen molar-refractivity contribution in [2.45, 2.75) is 24.2 Å². The fraction of sp³-hybridized carbons (Fsp3) is 0.417. The number of nitrogens with one attached hydrogen (secondary N) is 1. The minimum Gasteiger partial charge on any atom is -0.383 e. The summed E-state index contributed by atoms with van der Waals surface area (Å²) < 4.78 is 32.1. The molecule has 178 valence electrons. The summed E-state index contributed by atoms with van der Waals surface area (Å²) in [7, 11) is -2.23. The highest BCUT2D eigenvalue weighted by Crippen LogP contribution is 2.15. The van der Waals surface area contributed by atoms with Gasteiger partial charge < -0.3 is 14.5 Å². The Kier molecular flexibility index (Phi) is 8.99. The first-order valence-corrected chi connectivity index (χ1v) is 12.6. The Morgan fingerprint density at radius 1 is 0.970 bits per heavy atom. The molecule has 2 aromatic carbocycles. The van der Waals surface area contributed by atoms with Crippen LogP contribution < -0.4 is 4.72 Å². The standard InChI is InChI=1S/C24H31N3O5S/c1-32-18-13-25-33(30,31)22-11-6-10-21(19-22)24(29)27-16-14-26(15-17-27)23(28)12-5-9-20-7-3-2-4-8-20/h2-4,6-8,10-11,19,25H,5,9,12-18H2,1H3. The lowest BCUT2D eigenvalue weighted by molar-refractivity contribution is -0.132. The van der Waals surface area contributed by atoms with Gasteiger partial charge >= 0.3 is 0 Å². The van der Waals surface area contributed by atoms with Gasteiger partial charge in [0, 0.05) is 51.8 Å². The summed E-state index contributed by atoms with van der Waals surface area (Å²) in [6.07, 6.45) is 2.14. The first-order chi connectivity index (χ1) is 15.9. The first kappa shape index (κ1) is 24.9. The number of rotatable bonds is 10. The Hall–Kier alpha value is -2.75. The molecule has 2 aromatic rings. The normalized spacial score (nSPS) is 14.3. The van der Waals surface area contributed by atoms with E-state index in [9.17, 15) is 18.0 Å². The number of carbonyl (C=O) groups is 2. The predicted molar refractivity (Wildman–Crippen MR) is 125 cm³/mol. The molecule has 1 fully saturated rings. The molecule has 0 atom stereocenters. The van der Waals surface area contributed by atoms with Crippen molar-refractivity contribution in [3.05, 3.63) is 65.7 Å². The molecule has 0 aliphatic carbocycles. The van der Waals surface area contributed by atoms with E-state index in [0.717, 1.165) is 12.8 Å². The van der Waals surface area contributed by atoms with Gasteiger partial charge in [-0.2, -0.15) is 0 Å². The number of methoxy groups -OCH3 is 1. The summed E-state index contributed by atoms with van der Waals surface area (Å²) in [6.45, 7) is 2.21. The Balaban J connectivity index is 1.50. The van der Waals surface area contributed by atoms with Gasteiger partial charge in [0.25, 0.3) is 5.91 Å². The van der Waals surface area contributed by atoms with Crippen molar-refractivity contribution in [2.24, 2.45) is 0 Å². The number of aryl methyl sites for hydroxylation is 1. The maximum atomic E-state index is 12.9. The van der Waals surface area contributed by atoms with Crippen LogP contribution in [0, 0.1) is 0 Å². The third-order valence-corrected chi connectivity index (χ3v) is 7.07. The van der Waals surface area contributed by atoms with Crippen LogP contribution in [-0.4, -0.2) is 76.5 Å². The van der Waals surface area contributed by atoms with E-state index in [1.54, 1.807) is 21.9 Å². The monoisotopic (exact) mass is 473 g/mol. The maximum absolute atomic E-state index is 12.9. The lowest BCUT2D eigenvalue weighted by atomic mass is 10.1. The third kappa shape index (κ3) is 7.12. The van der Waals surface area contributed by atoms with Crippen molar-refractivity contribution in [1.82, 2.24) is 14.5 Å². The molecule has 0 bridgehead atoms. The Labute approximate surface area is 195 Å². The highest BCUT2D eigenvalue weighted by atomic mass is 32.2. The number of nitrogens with zero attached hydrogens (tertiary/aromatic N) is 2. The van der Waals surface area contributed by atoms with Gasteiger partial charge in [0.15, 0.2) is 0 Å². The smallest absolute Gasteiger partial charge is 0.254 e. The minimum absolute atomic E-state index is 0.0386. The summed E-state index contributed by atoms with van der Waals surface area (Å²) in [5.74, 6) is -0.131. The second kappa shape index (κ2) is 11.9. The van der Waals surface area contributed by atoms with Crippen LogP contribution in [0.5, 0.6) is 0 Å². The fourth-order valence-corrected chi connectivity index (χ4v) is 4.80. The molecule has 1 heterocycles. The molecular weight excluding hydrogens is 442 g/mol. The molecule has 0 spiro atoms. The molecule has 0 aromatic heterocycles. The highest BCUT2D eigenvalue weighted by molar-refractivity contribution is 7.89. The second-order valence-corrected chi connectivity index (χ2v) is 9.70. The van der Waals surface area contributed by atoms with Crippen molar-refractivity contribution in [3.63, 3.8) is 0 Å². The number of sulfonamides is 1. The van der Waals surface area contributed by atoms with E-state index in [1.807, 2.05) is 18.2 Å². The van der Waals surface area contributed by atoms with Crippen molar-refractivity contribution >= 4 is 21.8 Å². The number of amides is 2. The number of benzene rings is 2. The number of hydrogen-bond donors (Lipinski definition) is 1. The Bertz CT molecular complexity index is 1040. The van der Waals surface area contributed by atoms with Gasteiger partial charge in [0.1, 0.15) is 0 Å². The SMILES string of the molecule is COCCNS(=O)(=O)c1cccc(C(=O)N2CCN(C(=O)CCCc3ccccc3)CC2)c1. The van der Waals surface area contributed by atoms with Gasteiger partial charge in [-0.15, -0.1) is 0 Å². The lowest BCUT2D eigenvalue weighted by Crippen LogP contribution is -2.50. The van der Waals surface area contributed by atoms with Crippen LogP contribution in [0.4, 0.5) is 0 Å². The largest absolute Gasteiger partial charge is 0.383 e. The summed E-state index contributed by atoms with van der Waals surface area (Å²) in [4.78, 5) is 29.0. The first-order valence-electron chi connectivity index (χ1n) is 11.1. The van der Waals surface area contributed by atoms with E-state index in [2.05, 4.69) is 16.9 Å². The van der Waals surface area contributed by atoms with E-state index < -0.39 is 10.0 Å². The number of carbonyl (C=O) groups excluding carboxylic acids is 2. The number of ether oxygens (including phenoxy) is 1. The predicted octanol–water partition coefficient (Wildman–Crippen LogP) is 1.92. The second-order valence-electron chi connectivity index (χ2n) is 7.93. The van der Waals surface area contributed by atoms with Gasteiger partial charge in [-0.25, -0.2) is 13.1 Å². The van der Waals surface area contributed by atoms with Crippen LogP contribution in [0.3, 0.4) is 0 Å². The van der Waals surface area contributed by atoms with Crippen molar-refractivity contribution in [2.75, 3.05) is 46.4 Å². The molecule has 1 N–H and O–H groups in total. The van der Waals surface area contributed by atoms with Gasteiger partial charge in [-0.3, -0.25) is 9.59 Å². The third-order valence-electron chi connectivity index (χ3n) is 5.61. The molecule has 1 aliphatic rings. The lowest BCUT2D eigenvalue weighted by Gasteiger charge is -2.35. The zero-order chi connectivity index (χ0) is 23.7. The highest BCUT2D eigenvalue weighted by Gasteiger charge is 2.25. The van der Waals surface area contributed by atoms with Crippen molar-refractivity contribution in [3.8, 4) is 0 Å². The average Bonchev–Trinajstić information content (AvgIpc) is 2.84. The summed E-state index contributed by atoms with van der Waals surface area (Å²) in [6, 6.07) is 16.1. The molecular formula is C24H31N3O5S. The van der Waals surface area contributed by atoms with Gasteiger partial charge in [0.2, 0.25) is 15.9 Å². The zero-order valence-electron chi connectivity index (χ0n) is 18.9. The molecule has 1 aliphatic heterocycles. The fourth-order valence-electron chi connectivity index (χ4n) is 3.75. The summed E-state index contributed by atoms with van der Waals surface area (Å²) in [5, 5.41) is 0. The topological polar surface area (TPSA) is 96.0 Å². The van der Waals surface area contributed by atoms with Crippen LogP contribution >= 0.6 is 0 Å². The minimum atomic E-state index is -3.72. The number of hydrogen-bond acceptors (Lipinski definition) is 5. The average molecular weight is 474 g/mol. The molecule has 0 radical (unpaired) electrons. The molecule has 0 unspecified atom stereocenters. The molecule has 0 saturated carbocycles. The Morgan fingerprint density at radius 2 is 1.67 bits per heavy atom. The van der Waals surface area contributed by atoms with E-state index in [0.29, 0.717) is 38.2 Å². The summed E-state index contributed by atoms with van der Waals surface area (Å²) in [5.41, 5.74) is 1.53. The van der Waals surface area contributed by atoms with Gasteiger partial charge in [-0.1, -0.05) is 36.4 Å². The summed E-state index contributed by atoms with van der Waals surface area (Å²) >= 11 is 0. The molecule has 8 nitrogen and oxygen atoms in total. The van der Waals surface area contributed by atoms with E-state index in [4.69, 9.17) is 4.74 Å².